The number of fused-ring (bicyclic) bond motifs is 1. The third-order valence-corrected chi connectivity index (χ3v) is 4.59. The second-order valence-electron chi connectivity index (χ2n) is 5.11. The van der Waals surface area contributed by atoms with Gasteiger partial charge in [0.25, 0.3) is 0 Å². The van der Waals surface area contributed by atoms with Crippen LogP contribution in [-0.4, -0.2) is 5.78 Å². The van der Waals surface area contributed by atoms with Crippen molar-refractivity contribution in [1.82, 2.24) is 0 Å². The summed E-state index contributed by atoms with van der Waals surface area (Å²) in [6.07, 6.45) is 4.91. The van der Waals surface area contributed by atoms with E-state index in [2.05, 4.69) is 24.3 Å². The SMILES string of the molecule is CC1(C)C=CC2=C(Cc3ccccc3S2)C1=O. The van der Waals surface area contributed by atoms with Crippen LogP contribution in [0.2, 0.25) is 0 Å². The molecule has 1 aromatic carbocycles. The van der Waals surface area contributed by atoms with Crippen molar-refractivity contribution < 1.29 is 4.79 Å². The summed E-state index contributed by atoms with van der Waals surface area (Å²) in [5, 5.41) is 0. The Bertz CT molecular complexity index is 564. The molecular formula is C15H14OS. The van der Waals surface area contributed by atoms with E-state index in [4.69, 9.17) is 0 Å². The highest BCUT2D eigenvalue weighted by atomic mass is 32.2. The molecule has 17 heavy (non-hydrogen) atoms. The zero-order valence-electron chi connectivity index (χ0n) is 9.99. The molecule has 0 atom stereocenters. The van der Waals surface area contributed by atoms with Gasteiger partial charge in [0.1, 0.15) is 0 Å². The summed E-state index contributed by atoms with van der Waals surface area (Å²) < 4.78 is 0. The van der Waals surface area contributed by atoms with E-state index >= 15 is 0 Å². The van der Waals surface area contributed by atoms with Crippen molar-refractivity contribution >= 4 is 17.5 Å². The molecule has 1 aromatic rings. The normalized spacial score (nSPS) is 21.2. The third-order valence-electron chi connectivity index (χ3n) is 3.37. The molecule has 1 aliphatic carbocycles. The van der Waals surface area contributed by atoms with Gasteiger partial charge < -0.3 is 0 Å². The van der Waals surface area contributed by atoms with E-state index in [0.717, 1.165) is 16.9 Å². The first-order chi connectivity index (χ1) is 8.08. The molecule has 0 amide bonds. The van der Waals surface area contributed by atoms with Crippen LogP contribution in [0.15, 0.2) is 51.8 Å². The maximum Gasteiger partial charge on any atom is 0.169 e. The van der Waals surface area contributed by atoms with Gasteiger partial charge >= 0.3 is 0 Å². The van der Waals surface area contributed by atoms with Gasteiger partial charge in [-0.3, -0.25) is 4.79 Å². The smallest absolute Gasteiger partial charge is 0.169 e. The van der Waals surface area contributed by atoms with E-state index in [0.29, 0.717) is 0 Å². The van der Waals surface area contributed by atoms with Crippen LogP contribution in [0.5, 0.6) is 0 Å². The van der Waals surface area contributed by atoms with Gasteiger partial charge in [-0.25, -0.2) is 0 Å². The number of Topliss-reactive ketones (excluding diaryl/α,β-unsaturated/α-hetero) is 1. The minimum atomic E-state index is -0.342. The second kappa shape index (κ2) is 3.61. The molecule has 0 saturated heterocycles. The summed E-state index contributed by atoms with van der Waals surface area (Å²) in [6.45, 7) is 3.97. The highest BCUT2D eigenvalue weighted by Crippen LogP contribution is 2.44. The Morgan fingerprint density at radius 3 is 2.82 bits per heavy atom. The van der Waals surface area contributed by atoms with Crippen molar-refractivity contribution in [1.29, 1.82) is 0 Å². The Labute approximate surface area is 106 Å². The Hall–Kier alpha value is -1.28. The number of allylic oxidation sites excluding steroid dienone is 3. The Morgan fingerprint density at radius 2 is 2.00 bits per heavy atom. The third kappa shape index (κ3) is 1.67. The molecule has 2 heteroatoms. The molecule has 0 spiro atoms. The molecule has 3 rings (SSSR count). The molecule has 0 fully saturated rings. The summed E-state index contributed by atoms with van der Waals surface area (Å²) in [4.78, 5) is 14.8. The summed E-state index contributed by atoms with van der Waals surface area (Å²) in [7, 11) is 0. The number of carbonyl (C=O) groups is 1. The zero-order chi connectivity index (χ0) is 12.0. The van der Waals surface area contributed by atoms with Crippen molar-refractivity contribution in [2.24, 2.45) is 5.41 Å². The zero-order valence-corrected chi connectivity index (χ0v) is 10.8. The van der Waals surface area contributed by atoms with Gasteiger partial charge in [0.15, 0.2) is 5.78 Å². The van der Waals surface area contributed by atoms with Gasteiger partial charge in [-0.05, 0) is 25.5 Å². The lowest BCUT2D eigenvalue weighted by atomic mass is 9.79. The van der Waals surface area contributed by atoms with Crippen molar-refractivity contribution in [3.05, 3.63) is 52.5 Å². The molecule has 0 radical (unpaired) electrons. The van der Waals surface area contributed by atoms with Crippen LogP contribution in [0, 0.1) is 5.41 Å². The monoisotopic (exact) mass is 242 g/mol. The molecule has 86 valence electrons. The van der Waals surface area contributed by atoms with E-state index in [1.165, 1.54) is 10.5 Å². The fraction of sp³-hybridized carbons (Fsp3) is 0.267. The van der Waals surface area contributed by atoms with Crippen LogP contribution < -0.4 is 0 Å². The van der Waals surface area contributed by atoms with Crippen LogP contribution >= 0.6 is 11.8 Å². The maximum absolute atomic E-state index is 12.4. The van der Waals surface area contributed by atoms with Crippen molar-refractivity contribution in [2.45, 2.75) is 25.2 Å². The fourth-order valence-electron chi connectivity index (χ4n) is 2.28. The Morgan fingerprint density at radius 1 is 1.24 bits per heavy atom. The van der Waals surface area contributed by atoms with Gasteiger partial charge in [0.2, 0.25) is 0 Å². The van der Waals surface area contributed by atoms with Gasteiger partial charge in [-0.15, -0.1) is 0 Å². The first-order valence-corrected chi connectivity index (χ1v) is 6.62. The van der Waals surface area contributed by atoms with Gasteiger partial charge in [-0.2, -0.15) is 0 Å². The van der Waals surface area contributed by atoms with Crippen LogP contribution in [0.25, 0.3) is 0 Å². The first kappa shape index (κ1) is 10.8. The molecule has 0 saturated carbocycles. The summed E-state index contributed by atoms with van der Waals surface area (Å²) >= 11 is 1.72. The second-order valence-corrected chi connectivity index (χ2v) is 6.20. The molecule has 1 aliphatic heterocycles. The van der Waals surface area contributed by atoms with Gasteiger partial charge in [0, 0.05) is 27.2 Å². The minimum absolute atomic E-state index is 0.275. The molecular weight excluding hydrogens is 228 g/mol. The van der Waals surface area contributed by atoms with Gasteiger partial charge in [0.05, 0.1) is 0 Å². The number of ketones is 1. The van der Waals surface area contributed by atoms with E-state index in [1.807, 2.05) is 26.0 Å². The molecule has 1 heterocycles. The highest BCUT2D eigenvalue weighted by Gasteiger charge is 2.34. The average Bonchev–Trinajstić information content (AvgIpc) is 2.33. The Balaban J connectivity index is 2.06. The number of hydrogen-bond donors (Lipinski definition) is 0. The van der Waals surface area contributed by atoms with E-state index in [9.17, 15) is 4.79 Å². The van der Waals surface area contributed by atoms with Crippen LogP contribution in [0.3, 0.4) is 0 Å². The quantitative estimate of drug-likeness (QED) is 0.689. The van der Waals surface area contributed by atoms with Crippen LogP contribution in [-0.2, 0) is 11.2 Å². The van der Waals surface area contributed by atoms with Crippen molar-refractivity contribution in [3.8, 4) is 0 Å². The number of thioether (sulfide) groups is 1. The summed E-state index contributed by atoms with van der Waals surface area (Å²) in [5.74, 6) is 0.275. The average molecular weight is 242 g/mol. The Kier molecular flexibility index (Phi) is 2.30. The fourth-order valence-corrected chi connectivity index (χ4v) is 3.36. The highest BCUT2D eigenvalue weighted by molar-refractivity contribution is 8.03. The molecule has 0 unspecified atom stereocenters. The minimum Gasteiger partial charge on any atom is -0.294 e. The lowest BCUT2D eigenvalue weighted by Gasteiger charge is -2.29. The molecule has 0 N–H and O–H groups in total. The lowest BCUT2D eigenvalue weighted by Crippen LogP contribution is -2.28. The summed E-state index contributed by atoms with van der Waals surface area (Å²) in [6, 6.07) is 8.33. The maximum atomic E-state index is 12.4. The number of rotatable bonds is 0. The van der Waals surface area contributed by atoms with E-state index in [1.54, 1.807) is 11.8 Å². The predicted octanol–water partition coefficient (Wildman–Crippen LogP) is 3.75. The number of carbonyl (C=O) groups excluding carboxylic acids is 1. The molecule has 0 aromatic heterocycles. The predicted molar refractivity (Wildman–Crippen MR) is 71.0 cm³/mol. The molecule has 2 aliphatic rings. The van der Waals surface area contributed by atoms with E-state index < -0.39 is 0 Å². The molecule has 0 bridgehead atoms. The van der Waals surface area contributed by atoms with Gasteiger partial charge in [-0.1, -0.05) is 42.1 Å². The molecule has 1 nitrogen and oxygen atoms in total. The van der Waals surface area contributed by atoms with Crippen LogP contribution in [0.4, 0.5) is 0 Å². The van der Waals surface area contributed by atoms with E-state index in [-0.39, 0.29) is 11.2 Å². The van der Waals surface area contributed by atoms with Crippen molar-refractivity contribution in [3.63, 3.8) is 0 Å². The van der Waals surface area contributed by atoms with Crippen LogP contribution in [0.1, 0.15) is 19.4 Å². The topological polar surface area (TPSA) is 17.1 Å². The largest absolute Gasteiger partial charge is 0.294 e. The standard InChI is InChI=1S/C15H14OS/c1-15(2)8-7-13-11(14(15)16)9-10-5-3-4-6-12(10)17-13/h3-8H,9H2,1-2H3. The van der Waals surface area contributed by atoms with Crippen molar-refractivity contribution in [2.75, 3.05) is 0 Å². The number of hydrogen-bond acceptors (Lipinski definition) is 2. The summed E-state index contributed by atoms with van der Waals surface area (Å²) in [5.41, 5.74) is 1.92. The number of benzene rings is 1. The first-order valence-electron chi connectivity index (χ1n) is 5.81. The lowest BCUT2D eigenvalue weighted by molar-refractivity contribution is -0.121.